The monoisotopic (exact) mass is 654 g/mol. The number of fused-ring (bicyclic) bond motifs is 4. The van der Waals surface area contributed by atoms with Gasteiger partial charge in [0, 0.05) is 17.3 Å². The molecule has 0 spiro atoms. The first-order chi connectivity index (χ1) is 21.9. The third kappa shape index (κ3) is 7.02. The molecule has 0 aromatic rings. The van der Waals surface area contributed by atoms with Gasteiger partial charge in [-0.05, 0) is 144 Å². The van der Waals surface area contributed by atoms with Crippen LogP contribution >= 0.6 is 0 Å². The van der Waals surface area contributed by atoms with Crippen molar-refractivity contribution in [2.45, 2.75) is 158 Å². The molecule has 0 aromatic carbocycles. The van der Waals surface area contributed by atoms with E-state index in [2.05, 4.69) is 53.8 Å². The van der Waals surface area contributed by atoms with Crippen LogP contribution in [0, 0.1) is 56.7 Å². The van der Waals surface area contributed by atoms with Gasteiger partial charge in [-0.3, -0.25) is 14.4 Å². The largest absolute Gasteiger partial charge is 0.481 e. The Bertz CT molecular complexity index is 1240. The van der Waals surface area contributed by atoms with Gasteiger partial charge >= 0.3 is 11.9 Å². The van der Waals surface area contributed by atoms with Crippen LogP contribution in [0.1, 0.15) is 152 Å². The van der Waals surface area contributed by atoms with Crippen LogP contribution in [0.2, 0.25) is 0 Å². The van der Waals surface area contributed by atoms with Gasteiger partial charge < -0.3 is 15.2 Å². The zero-order valence-electron chi connectivity index (χ0n) is 31.4. The standard InChI is InChI=1S/C41H67NO5/c1-26(2)34-30(43)23-41(21-22-42-25-28-13-14-28)20-19-40(9)27(3)12-15-31-38(6,7)32(47-33(44)24-37(4,5)36(45)46)16-18-39(31,8)17-10-11-29(40)35(34)41/h26-29,31-32,42H,10-25H2,1-9H3,(H,45,46). The van der Waals surface area contributed by atoms with Gasteiger partial charge in [-0.1, -0.05) is 60.5 Å². The van der Waals surface area contributed by atoms with Gasteiger partial charge in [-0.25, -0.2) is 0 Å². The second-order valence-electron chi connectivity index (χ2n) is 19.1. The van der Waals surface area contributed by atoms with E-state index < -0.39 is 17.4 Å². The van der Waals surface area contributed by atoms with Crippen LogP contribution in [-0.4, -0.2) is 42.0 Å². The Kier molecular flexibility index (Phi) is 10.3. The smallest absolute Gasteiger partial charge is 0.309 e. The highest BCUT2D eigenvalue weighted by molar-refractivity contribution is 6.00. The number of hydrogen-bond acceptors (Lipinski definition) is 5. The maximum atomic E-state index is 13.9. The summed E-state index contributed by atoms with van der Waals surface area (Å²) in [6, 6.07) is 0. The van der Waals surface area contributed by atoms with E-state index in [0.29, 0.717) is 23.5 Å². The van der Waals surface area contributed by atoms with E-state index in [-0.39, 0.29) is 40.1 Å². The molecule has 0 radical (unpaired) electrons. The number of rotatable bonds is 10. The summed E-state index contributed by atoms with van der Waals surface area (Å²) >= 11 is 0. The summed E-state index contributed by atoms with van der Waals surface area (Å²) in [4.78, 5) is 38.6. The molecule has 6 heteroatoms. The van der Waals surface area contributed by atoms with E-state index in [9.17, 15) is 19.5 Å². The lowest BCUT2D eigenvalue weighted by molar-refractivity contribution is -0.176. The lowest BCUT2D eigenvalue weighted by atomic mass is 9.48. The topological polar surface area (TPSA) is 92.7 Å². The van der Waals surface area contributed by atoms with E-state index in [1.54, 1.807) is 19.4 Å². The summed E-state index contributed by atoms with van der Waals surface area (Å²) in [5.41, 5.74) is 1.77. The molecule has 0 bridgehead atoms. The Labute approximate surface area is 286 Å². The minimum atomic E-state index is -1.14. The normalized spacial score (nSPS) is 37.6. The lowest BCUT2D eigenvalue weighted by Crippen LogP contribution is -2.52. The van der Waals surface area contributed by atoms with Crippen molar-refractivity contribution < 1.29 is 24.2 Å². The maximum absolute atomic E-state index is 13.9. The minimum Gasteiger partial charge on any atom is -0.481 e. The van der Waals surface area contributed by atoms with E-state index >= 15 is 0 Å². The molecule has 5 aliphatic rings. The van der Waals surface area contributed by atoms with E-state index in [1.807, 2.05) is 0 Å². The third-order valence-electron chi connectivity index (χ3n) is 14.7. The Morgan fingerprint density at radius 2 is 1.68 bits per heavy atom. The number of nitrogens with one attached hydrogen (secondary N) is 1. The van der Waals surface area contributed by atoms with Crippen molar-refractivity contribution >= 4 is 17.7 Å². The first-order valence-corrected chi connectivity index (χ1v) is 19.3. The number of carboxylic acids is 1. The lowest BCUT2D eigenvalue weighted by Gasteiger charge is -2.58. The maximum Gasteiger partial charge on any atom is 0.309 e. The molecule has 5 rings (SSSR count). The fourth-order valence-corrected chi connectivity index (χ4v) is 11.2. The number of Topliss-reactive ketones (excluding diaryl/α,β-unsaturated/α-hetero) is 1. The van der Waals surface area contributed by atoms with Crippen molar-refractivity contribution in [1.82, 2.24) is 5.32 Å². The van der Waals surface area contributed by atoms with Gasteiger partial charge in [0.1, 0.15) is 6.10 Å². The van der Waals surface area contributed by atoms with Crippen LogP contribution in [0.3, 0.4) is 0 Å². The van der Waals surface area contributed by atoms with Crippen LogP contribution in [0.25, 0.3) is 0 Å². The first-order valence-electron chi connectivity index (χ1n) is 19.3. The molecule has 7 unspecified atom stereocenters. The average molecular weight is 654 g/mol. The molecule has 0 amide bonds. The molecule has 0 aromatic heterocycles. The van der Waals surface area contributed by atoms with Crippen LogP contribution < -0.4 is 5.32 Å². The zero-order valence-corrected chi connectivity index (χ0v) is 31.4. The Morgan fingerprint density at radius 3 is 2.32 bits per heavy atom. The predicted molar refractivity (Wildman–Crippen MR) is 188 cm³/mol. The highest BCUT2D eigenvalue weighted by Crippen LogP contribution is 2.66. The molecule has 266 valence electrons. The van der Waals surface area contributed by atoms with Crippen LogP contribution in [-0.2, 0) is 19.1 Å². The summed E-state index contributed by atoms with van der Waals surface area (Å²) in [6.07, 6.45) is 14.1. The van der Waals surface area contributed by atoms with E-state index in [4.69, 9.17) is 4.74 Å². The fraction of sp³-hybridized carbons (Fsp3) is 0.878. The quantitative estimate of drug-likeness (QED) is 0.180. The number of carbonyl (C=O) groups excluding carboxylic acids is 2. The zero-order chi connectivity index (χ0) is 34.6. The molecule has 0 saturated heterocycles. The van der Waals surface area contributed by atoms with Crippen LogP contribution in [0.5, 0.6) is 0 Å². The second-order valence-corrected chi connectivity index (χ2v) is 19.1. The number of carbonyl (C=O) groups is 3. The van der Waals surface area contributed by atoms with Gasteiger partial charge in [0.05, 0.1) is 11.8 Å². The molecule has 4 saturated carbocycles. The Balaban J connectivity index is 1.38. The van der Waals surface area contributed by atoms with E-state index in [0.717, 1.165) is 83.2 Å². The Hall–Kier alpha value is -1.69. The number of hydrogen-bond donors (Lipinski definition) is 2. The summed E-state index contributed by atoms with van der Waals surface area (Å²) < 4.78 is 6.16. The summed E-state index contributed by atoms with van der Waals surface area (Å²) in [5, 5.41) is 13.4. The van der Waals surface area contributed by atoms with Crippen molar-refractivity contribution in [3.8, 4) is 0 Å². The summed E-state index contributed by atoms with van der Waals surface area (Å²) in [5.74, 6) is 1.60. The van der Waals surface area contributed by atoms with Crippen molar-refractivity contribution in [2.24, 2.45) is 56.7 Å². The first kappa shape index (κ1) is 36.6. The molecule has 0 aliphatic heterocycles. The van der Waals surface area contributed by atoms with Gasteiger partial charge in [0.2, 0.25) is 0 Å². The number of aliphatic carboxylic acids is 1. The van der Waals surface area contributed by atoms with Crippen molar-refractivity contribution in [1.29, 1.82) is 0 Å². The fourth-order valence-electron chi connectivity index (χ4n) is 11.2. The van der Waals surface area contributed by atoms with Crippen LogP contribution in [0.4, 0.5) is 0 Å². The molecule has 5 aliphatic carbocycles. The second kappa shape index (κ2) is 13.2. The molecule has 6 nitrogen and oxygen atoms in total. The van der Waals surface area contributed by atoms with Gasteiger partial charge in [-0.2, -0.15) is 0 Å². The number of esters is 1. The third-order valence-corrected chi connectivity index (χ3v) is 14.7. The molecule has 47 heavy (non-hydrogen) atoms. The highest BCUT2D eigenvalue weighted by Gasteiger charge is 2.58. The van der Waals surface area contributed by atoms with Crippen molar-refractivity contribution in [2.75, 3.05) is 13.1 Å². The molecule has 4 fully saturated rings. The van der Waals surface area contributed by atoms with Gasteiger partial charge in [-0.15, -0.1) is 0 Å². The molecule has 7 atom stereocenters. The van der Waals surface area contributed by atoms with Crippen molar-refractivity contribution in [3.63, 3.8) is 0 Å². The summed E-state index contributed by atoms with van der Waals surface area (Å²) in [6.45, 7) is 22.0. The van der Waals surface area contributed by atoms with Gasteiger partial charge in [0.15, 0.2) is 5.78 Å². The van der Waals surface area contributed by atoms with E-state index in [1.165, 1.54) is 24.8 Å². The molecular formula is C41H67NO5. The SMILES string of the molecule is CC(C)C1=C2C3CCCC4(C)CCC(OC(=O)CC(C)(C)C(=O)O)C(C)(C)C4CCC(C)C3(C)CCC2(CCNCC2CC2)CC1=O. The number of ketones is 1. The van der Waals surface area contributed by atoms with Crippen molar-refractivity contribution in [3.05, 3.63) is 11.1 Å². The minimum absolute atomic E-state index is 0.0345. The number of allylic oxidation sites excluding steroid dienone is 2. The van der Waals surface area contributed by atoms with Gasteiger partial charge in [0.25, 0.3) is 0 Å². The number of carboxylic acid groups (broad SMARTS) is 1. The average Bonchev–Trinajstić information content (AvgIpc) is 3.74. The predicted octanol–water partition coefficient (Wildman–Crippen LogP) is 9.16. The number of ether oxygens (including phenoxy) is 1. The highest BCUT2D eigenvalue weighted by atomic mass is 16.5. The molecular weight excluding hydrogens is 586 g/mol. The Morgan fingerprint density at radius 1 is 0.979 bits per heavy atom. The molecule has 2 N–H and O–H groups in total. The molecule has 0 heterocycles. The van der Waals surface area contributed by atoms with Crippen LogP contribution in [0.15, 0.2) is 11.1 Å². The summed E-state index contributed by atoms with van der Waals surface area (Å²) in [7, 11) is 0.